The number of hydrogen-bond donors (Lipinski definition) is 1. The number of aryl methyl sites for hydroxylation is 2. The summed E-state index contributed by atoms with van der Waals surface area (Å²) in [4.78, 5) is 17.9. The van der Waals surface area contributed by atoms with Crippen LogP contribution in [0, 0.1) is 31.6 Å². The Balaban J connectivity index is 1.42. The number of anilines is 1. The number of benzene rings is 2. The van der Waals surface area contributed by atoms with E-state index in [0.717, 1.165) is 41.6 Å². The van der Waals surface area contributed by atoms with Gasteiger partial charge in [-0.25, -0.2) is 0 Å². The maximum absolute atomic E-state index is 13.2. The Morgan fingerprint density at radius 2 is 1.79 bits per heavy atom. The van der Waals surface area contributed by atoms with Crippen molar-refractivity contribution < 1.29 is 9.32 Å². The van der Waals surface area contributed by atoms with Crippen molar-refractivity contribution in [2.24, 2.45) is 17.8 Å². The van der Waals surface area contributed by atoms with Crippen LogP contribution in [0.2, 0.25) is 0 Å². The van der Waals surface area contributed by atoms with Gasteiger partial charge in [0, 0.05) is 11.3 Å². The van der Waals surface area contributed by atoms with E-state index in [1.165, 1.54) is 0 Å². The molecular weight excluding hydrogens is 362 g/mol. The van der Waals surface area contributed by atoms with Gasteiger partial charge in [-0.2, -0.15) is 4.98 Å². The highest BCUT2D eigenvalue weighted by atomic mass is 16.5. The SMILES string of the molecule is Cc1cccc(NC(=O)[C@H]2[C@H]3CC[C@H](C3)[C@@H]2c2nc(-c3cccc(C)c3)no2)c1. The molecule has 29 heavy (non-hydrogen) atoms. The minimum atomic E-state index is -0.111. The molecule has 5 heteroatoms. The second kappa shape index (κ2) is 7.14. The van der Waals surface area contributed by atoms with Crippen molar-refractivity contribution in [2.45, 2.75) is 39.0 Å². The first-order valence-electron chi connectivity index (χ1n) is 10.4. The standard InChI is InChI=1S/C24H25N3O2/c1-14-5-3-7-18(11-14)22-26-24(29-27-22)21-17-10-9-16(13-17)20(21)23(28)25-19-8-4-6-15(2)12-19/h3-8,11-12,16-17,20-21H,9-10,13H2,1-2H3,(H,25,28)/t16-,17+,20-,21-/m0/s1. The van der Waals surface area contributed by atoms with Crippen LogP contribution in [0.3, 0.4) is 0 Å². The number of amides is 1. The van der Waals surface area contributed by atoms with E-state index in [2.05, 4.69) is 16.5 Å². The number of carbonyl (C=O) groups excluding carboxylic acids is 1. The summed E-state index contributed by atoms with van der Waals surface area (Å²) in [5, 5.41) is 7.35. The molecule has 2 aliphatic rings. The van der Waals surface area contributed by atoms with Gasteiger partial charge in [-0.1, -0.05) is 41.1 Å². The van der Waals surface area contributed by atoms with Crippen LogP contribution in [0.1, 0.15) is 42.2 Å². The normalized spacial score (nSPS) is 25.3. The lowest BCUT2D eigenvalue weighted by Crippen LogP contribution is -2.33. The van der Waals surface area contributed by atoms with E-state index in [-0.39, 0.29) is 17.7 Å². The predicted molar refractivity (Wildman–Crippen MR) is 111 cm³/mol. The Kier molecular flexibility index (Phi) is 4.46. The quantitative estimate of drug-likeness (QED) is 0.674. The fraction of sp³-hybridized carbons (Fsp3) is 0.375. The highest BCUT2D eigenvalue weighted by Gasteiger charge is 2.53. The van der Waals surface area contributed by atoms with Crippen LogP contribution in [0.5, 0.6) is 0 Å². The summed E-state index contributed by atoms with van der Waals surface area (Å²) in [6.07, 6.45) is 3.30. The molecule has 148 valence electrons. The minimum absolute atomic E-state index is 0.00428. The average Bonchev–Trinajstić information content (AvgIpc) is 3.43. The van der Waals surface area contributed by atoms with Crippen molar-refractivity contribution >= 4 is 11.6 Å². The van der Waals surface area contributed by atoms with Crippen LogP contribution in [0.15, 0.2) is 53.1 Å². The summed E-state index contributed by atoms with van der Waals surface area (Å²) < 4.78 is 5.70. The molecule has 2 aromatic carbocycles. The molecule has 2 fully saturated rings. The van der Waals surface area contributed by atoms with Gasteiger partial charge in [0.25, 0.3) is 0 Å². The van der Waals surface area contributed by atoms with E-state index in [0.29, 0.717) is 23.6 Å². The first-order valence-corrected chi connectivity index (χ1v) is 10.4. The zero-order valence-electron chi connectivity index (χ0n) is 16.8. The van der Waals surface area contributed by atoms with Crippen LogP contribution in [-0.2, 0) is 4.79 Å². The first kappa shape index (κ1) is 18.1. The van der Waals surface area contributed by atoms with Gasteiger partial charge in [0.05, 0.1) is 11.8 Å². The van der Waals surface area contributed by atoms with Gasteiger partial charge >= 0.3 is 0 Å². The lowest BCUT2D eigenvalue weighted by molar-refractivity contribution is -0.122. The molecular formula is C24H25N3O2. The Labute approximate surface area is 170 Å². The van der Waals surface area contributed by atoms with E-state index in [1.807, 2.05) is 56.3 Å². The number of carbonyl (C=O) groups is 1. The number of aromatic nitrogens is 2. The van der Waals surface area contributed by atoms with Crippen LogP contribution in [0.25, 0.3) is 11.4 Å². The number of rotatable bonds is 4. The van der Waals surface area contributed by atoms with E-state index in [9.17, 15) is 4.79 Å². The maximum Gasteiger partial charge on any atom is 0.231 e. The third-order valence-corrected chi connectivity index (χ3v) is 6.51. The van der Waals surface area contributed by atoms with Gasteiger partial charge in [0.2, 0.25) is 17.6 Å². The van der Waals surface area contributed by atoms with Crippen LogP contribution < -0.4 is 5.32 Å². The van der Waals surface area contributed by atoms with E-state index >= 15 is 0 Å². The lowest BCUT2D eigenvalue weighted by atomic mass is 9.78. The molecule has 2 aliphatic carbocycles. The third kappa shape index (κ3) is 3.35. The minimum Gasteiger partial charge on any atom is -0.339 e. The molecule has 5 rings (SSSR count). The van der Waals surface area contributed by atoms with Crippen molar-refractivity contribution in [1.29, 1.82) is 0 Å². The van der Waals surface area contributed by atoms with E-state index < -0.39 is 0 Å². The molecule has 2 bridgehead atoms. The fourth-order valence-electron chi connectivity index (χ4n) is 5.24. The zero-order valence-corrected chi connectivity index (χ0v) is 16.8. The van der Waals surface area contributed by atoms with Crippen LogP contribution in [-0.4, -0.2) is 16.0 Å². The topological polar surface area (TPSA) is 68.0 Å². The second-order valence-corrected chi connectivity index (χ2v) is 8.57. The van der Waals surface area contributed by atoms with Gasteiger partial charge in [-0.3, -0.25) is 4.79 Å². The molecule has 1 heterocycles. The summed E-state index contributed by atoms with van der Waals surface area (Å²) in [5.41, 5.74) is 4.09. The monoisotopic (exact) mass is 387 g/mol. The number of hydrogen-bond acceptors (Lipinski definition) is 4. The van der Waals surface area contributed by atoms with Crippen molar-refractivity contribution in [3.63, 3.8) is 0 Å². The maximum atomic E-state index is 13.2. The molecule has 0 saturated heterocycles. The summed E-state index contributed by atoms with van der Waals surface area (Å²) in [6, 6.07) is 16.0. The number of fused-ring (bicyclic) bond motifs is 2. The number of nitrogens with one attached hydrogen (secondary N) is 1. The van der Waals surface area contributed by atoms with Crippen LogP contribution >= 0.6 is 0 Å². The van der Waals surface area contributed by atoms with Crippen molar-refractivity contribution in [3.8, 4) is 11.4 Å². The molecule has 1 N–H and O–H groups in total. The molecule has 0 aliphatic heterocycles. The van der Waals surface area contributed by atoms with Gasteiger partial charge in [0.1, 0.15) is 0 Å². The lowest BCUT2D eigenvalue weighted by Gasteiger charge is -2.27. The zero-order chi connectivity index (χ0) is 20.0. The summed E-state index contributed by atoms with van der Waals surface area (Å²) in [5.74, 6) is 2.01. The molecule has 1 aromatic heterocycles. The third-order valence-electron chi connectivity index (χ3n) is 6.51. The molecule has 5 nitrogen and oxygen atoms in total. The van der Waals surface area contributed by atoms with Crippen molar-refractivity contribution in [1.82, 2.24) is 10.1 Å². The van der Waals surface area contributed by atoms with Gasteiger partial charge in [0.15, 0.2) is 0 Å². The largest absolute Gasteiger partial charge is 0.339 e. The van der Waals surface area contributed by atoms with E-state index in [4.69, 9.17) is 9.51 Å². The van der Waals surface area contributed by atoms with E-state index in [1.54, 1.807) is 0 Å². The van der Waals surface area contributed by atoms with Crippen molar-refractivity contribution in [2.75, 3.05) is 5.32 Å². The van der Waals surface area contributed by atoms with Crippen LogP contribution in [0.4, 0.5) is 5.69 Å². The Morgan fingerprint density at radius 3 is 2.59 bits per heavy atom. The molecule has 4 atom stereocenters. The molecule has 1 amide bonds. The highest BCUT2D eigenvalue weighted by Crippen LogP contribution is 2.56. The molecule has 0 spiro atoms. The summed E-state index contributed by atoms with van der Waals surface area (Å²) in [7, 11) is 0. The summed E-state index contributed by atoms with van der Waals surface area (Å²) >= 11 is 0. The predicted octanol–water partition coefficient (Wildman–Crippen LogP) is 5.12. The molecule has 0 unspecified atom stereocenters. The second-order valence-electron chi connectivity index (χ2n) is 8.57. The summed E-state index contributed by atoms with van der Waals surface area (Å²) in [6.45, 7) is 4.08. The highest BCUT2D eigenvalue weighted by molar-refractivity contribution is 5.93. The van der Waals surface area contributed by atoms with Gasteiger partial charge in [-0.05, 0) is 68.7 Å². The Bertz CT molecular complexity index is 1060. The molecule has 3 aromatic rings. The smallest absolute Gasteiger partial charge is 0.231 e. The Hall–Kier alpha value is -2.95. The first-order chi connectivity index (χ1) is 14.1. The van der Waals surface area contributed by atoms with Gasteiger partial charge < -0.3 is 9.84 Å². The Morgan fingerprint density at radius 1 is 1.03 bits per heavy atom. The average molecular weight is 387 g/mol. The van der Waals surface area contributed by atoms with Gasteiger partial charge in [-0.15, -0.1) is 0 Å². The number of nitrogens with zero attached hydrogens (tertiary/aromatic N) is 2. The molecule has 0 radical (unpaired) electrons. The van der Waals surface area contributed by atoms with Crippen molar-refractivity contribution in [3.05, 3.63) is 65.5 Å². The molecule has 2 saturated carbocycles. The fourth-order valence-corrected chi connectivity index (χ4v) is 5.24.